The first kappa shape index (κ1) is 12.9. The maximum Gasteiger partial charge on any atom is 0.0378 e. The van der Waals surface area contributed by atoms with E-state index in [1.54, 1.807) is 0 Å². The van der Waals surface area contributed by atoms with Crippen molar-refractivity contribution < 1.29 is 0 Å². The molecule has 1 aliphatic heterocycles. The molecule has 2 rings (SSSR count). The molecular weight excluding hydrogens is 276 g/mol. The van der Waals surface area contributed by atoms with Crippen molar-refractivity contribution in [3.8, 4) is 0 Å². The summed E-state index contributed by atoms with van der Waals surface area (Å²) >= 11 is 3.61. The van der Waals surface area contributed by atoms with Gasteiger partial charge in [0.15, 0.2) is 0 Å². The Hall–Kier alpha value is -0.540. The summed E-state index contributed by atoms with van der Waals surface area (Å²) in [5.74, 6) is 0.687. The van der Waals surface area contributed by atoms with Crippen LogP contribution in [0, 0.1) is 12.8 Å². The lowest BCUT2D eigenvalue weighted by atomic mass is 10.0. The van der Waals surface area contributed by atoms with Crippen LogP contribution in [0.25, 0.3) is 0 Å². The van der Waals surface area contributed by atoms with E-state index in [9.17, 15) is 0 Å². The van der Waals surface area contributed by atoms with Gasteiger partial charge in [-0.3, -0.25) is 0 Å². The lowest BCUT2D eigenvalue weighted by Crippen LogP contribution is -2.53. The first-order valence-corrected chi connectivity index (χ1v) is 7.11. The number of hydrogen-bond donors (Lipinski definition) is 1. The van der Waals surface area contributed by atoms with Crippen LogP contribution in [-0.4, -0.2) is 25.7 Å². The maximum atomic E-state index is 3.61. The highest BCUT2D eigenvalue weighted by Crippen LogP contribution is 2.25. The normalized spacial score (nSPS) is 21.0. The summed E-state index contributed by atoms with van der Waals surface area (Å²) in [4.78, 5) is 2.48. The number of halogens is 1. The van der Waals surface area contributed by atoms with Gasteiger partial charge in [0.2, 0.25) is 0 Å². The molecule has 1 atom stereocenters. The van der Waals surface area contributed by atoms with Crippen molar-refractivity contribution in [2.24, 2.45) is 5.92 Å². The number of benzene rings is 1. The zero-order chi connectivity index (χ0) is 12.4. The van der Waals surface area contributed by atoms with Gasteiger partial charge in [-0.05, 0) is 30.5 Å². The molecule has 0 saturated carbocycles. The number of rotatable bonds is 2. The predicted molar refractivity (Wildman–Crippen MR) is 77.7 cm³/mol. The van der Waals surface area contributed by atoms with Gasteiger partial charge in [0.25, 0.3) is 0 Å². The van der Waals surface area contributed by atoms with Crippen LogP contribution < -0.4 is 10.2 Å². The lowest BCUT2D eigenvalue weighted by Gasteiger charge is -2.37. The van der Waals surface area contributed by atoms with Crippen LogP contribution in [0.1, 0.15) is 19.4 Å². The molecule has 1 aliphatic rings. The van der Waals surface area contributed by atoms with E-state index in [1.165, 1.54) is 15.7 Å². The third kappa shape index (κ3) is 3.02. The monoisotopic (exact) mass is 296 g/mol. The minimum absolute atomic E-state index is 0.601. The smallest absolute Gasteiger partial charge is 0.0378 e. The van der Waals surface area contributed by atoms with Crippen LogP contribution >= 0.6 is 15.9 Å². The molecule has 0 bridgehead atoms. The molecule has 17 heavy (non-hydrogen) atoms. The second-order valence-electron chi connectivity index (χ2n) is 5.18. The lowest BCUT2D eigenvalue weighted by molar-refractivity contribution is 0.368. The second kappa shape index (κ2) is 5.40. The molecular formula is C14H21BrN2. The Bertz CT molecular complexity index is 390. The summed E-state index contributed by atoms with van der Waals surface area (Å²) in [7, 11) is 0. The Morgan fingerprint density at radius 2 is 2.18 bits per heavy atom. The molecule has 0 spiro atoms. The van der Waals surface area contributed by atoms with Gasteiger partial charge in [-0.25, -0.2) is 0 Å². The first-order chi connectivity index (χ1) is 8.08. The topological polar surface area (TPSA) is 15.3 Å². The molecule has 1 N–H and O–H groups in total. The van der Waals surface area contributed by atoms with Crippen LogP contribution in [-0.2, 0) is 0 Å². The number of nitrogens with zero attached hydrogens (tertiary/aromatic N) is 1. The van der Waals surface area contributed by atoms with Crippen LogP contribution in [0.5, 0.6) is 0 Å². The third-order valence-corrected chi connectivity index (χ3v) is 4.38. The van der Waals surface area contributed by atoms with Crippen molar-refractivity contribution >= 4 is 21.6 Å². The fourth-order valence-corrected chi connectivity index (χ4v) is 2.60. The Labute approximate surface area is 113 Å². The molecule has 1 heterocycles. The second-order valence-corrected chi connectivity index (χ2v) is 6.04. The number of hydrogen-bond acceptors (Lipinski definition) is 2. The van der Waals surface area contributed by atoms with Gasteiger partial charge in [-0.1, -0.05) is 35.8 Å². The Morgan fingerprint density at radius 1 is 1.41 bits per heavy atom. The van der Waals surface area contributed by atoms with Crippen LogP contribution in [0.15, 0.2) is 22.7 Å². The number of nitrogens with one attached hydrogen (secondary N) is 1. The molecule has 0 aromatic heterocycles. The average molecular weight is 297 g/mol. The Balaban J connectivity index is 2.13. The average Bonchev–Trinajstić information content (AvgIpc) is 2.33. The van der Waals surface area contributed by atoms with E-state index in [4.69, 9.17) is 0 Å². The predicted octanol–water partition coefficient (Wildman–Crippen LogP) is 3.19. The van der Waals surface area contributed by atoms with E-state index >= 15 is 0 Å². The highest BCUT2D eigenvalue weighted by atomic mass is 79.9. The molecule has 1 aromatic carbocycles. The molecule has 1 aromatic rings. The molecule has 1 fully saturated rings. The van der Waals surface area contributed by atoms with Crippen LogP contribution in [0.4, 0.5) is 5.69 Å². The van der Waals surface area contributed by atoms with Crippen molar-refractivity contribution in [1.29, 1.82) is 0 Å². The van der Waals surface area contributed by atoms with Crippen molar-refractivity contribution in [3.63, 3.8) is 0 Å². The number of aryl methyl sites for hydroxylation is 1. The molecule has 94 valence electrons. The zero-order valence-corrected chi connectivity index (χ0v) is 12.4. The molecule has 0 radical (unpaired) electrons. The molecule has 1 unspecified atom stereocenters. The molecule has 0 amide bonds. The Morgan fingerprint density at radius 3 is 2.82 bits per heavy atom. The van der Waals surface area contributed by atoms with Crippen LogP contribution in [0.3, 0.4) is 0 Å². The molecule has 0 aliphatic carbocycles. The maximum absolute atomic E-state index is 3.61. The van der Waals surface area contributed by atoms with Gasteiger partial charge in [-0.2, -0.15) is 0 Å². The van der Waals surface area contributed by atoms with Crippen molar-refractivity contribution in [3.05, 3.63) is 28.2 Å². The quantitative estimate of drug-likeness (QED) is 0.902. The summed E-state index contributed by atoms with van der Waals surface area (Å²) in [5.41, 5.74) is 2.62. The summed E-state index contributed by atoms with van der Waals surface area (Å²) in [5, 5.41) is 3.59. The molecule has 3 heteroatoms. The van der Waals surface area contributed by atoms with Gasteiger partial charge in [-0.15, -0.1) is 0 Å². The summed E-state index contributed by atoms with van der Waals surface area (Å²) in [6, 6.07) is 7.25. The number of piperazine rings is 1. The third-order valence-electron chi connectivity index (χ3n) is 3.53. The van der Waals surface area contributed by atoms with Crippen molar-refractivity contribution in [2.75, 3.05) is 24.5 Å². The van der Waals surface area contributed by atoms with Crippen molar-refractivity contribution in [2.45, 2.75) is 26.8 Å². The summed E-state index contributed by atoms with van der Waals surface area (Å²) in [6.45, 7) is 9.97. The fraction of sp³-hybridized carbons (Fsp3) is 0.571. The minimum Gasteiger partial charge on any atom is -0.369 e. The van der Waals surface area contributed by atoms with Crippen molar-refractivity contribution in [1.82, 2.24) is 5.32 Å². The largest absolute Gasteiger partial charge is 0.369 e. The van der Waals surface area contributed by atoms with E-state index in [-0.39, 0.29) is 0 Å². The van der Waals surface area contributed by atoms with Crippen LogP contribution in [0.2, 0.25) is 0 Å². The molecule has 2 nitrogen and oxygen atoms in total. The van der Waals surface area contributed by atoms with E-state index < -0.39 is 0 Å². The SMILES string of the molecule is Cc1ccc(N2CCNC(C(C)C)C2)cc1Br. The summed E-state index contributed by atoms with van der Waals surface area (Å²) < 4.78 is 1.20. The van der Waals surface area contributed by atoms with E-state index in [2.05, 4.69) is 65.1 Å². The van der Waals surface area contributed by atoms with Gasteiger partial charge >= 0.3 is 0 Å². The standard InChI is InChI=1S/C14H21BrN2/c1-10(2)14-9-17(7-6-16-14)12-5-4-11(3)13(15)8-12/h4-5,8,10,14,16H,6-7,9H2,1-3H3. The van der Waals surface area contributed by atoms with Gasteiger partial charge in [0.05, 0.1) is 0 Å². The van der Waals surface area contributed by atoms with Gasteiger partial charge < -0.3 is 10.2 Å². The van der Waals surface area contributed by atoms with Gasteiger partial charge in [0.1, 0.15) is 0 Å². The highest BCUT2D eigenvalue weighted by molar-refractivity contribution is 9.10. The first-order valence-electron chi connectivity index (χ1n) is 6.32. The van der Waals surface area contributed by atoms with E-state index in [0.29, 0.717) is 12.0 Å². The van der Waals surface area contributed by atoms with Gasteiger partial charge in [0, 0.05) is 35.8 Å². The minimum atomic E-state index is 0.601. The molecule has 1 saturated heterocycles. The zero-order valence-electron chi connectivity index (χ0n) is 10.8. The Kier molecular flexibility index (Phi) is 4.10. The number of anilines is 1. The van der Waals surface area contributed by atoms with E-state index in [1.807, 2.05) is 0 Å². The fourth-order valence-electron chi connectivity index (χ4n) is 2.24. The summed E-state index contributed by atoms with van der Waals surface area (Å²) in [6.07, 6.45) is 0. The van der Waals surface area contributed by atoms with E-state index in [0.717, 1.165) is 19.6 Å². The highest BCUT2D eigenvalue weighted by Gasteiger charge is 2.21.